The van der Waals surface area contributed by atoms with Crippen LogP contribution in [0.2, 0.25) is 6.55 Å². The van der Waals surface area contributed by atoms with E-state index in [9.17, 15) is 0 Å². The molecule has 0 heterocycles. The van der Waals surface area contributed by atoms with E-state index in [0.29, 0.717) is 8.96 Å². The maximum absolute atomic E-state index is 7.26. The molecule has 0 rings (SSSR count). The second kappa shape index (κ2) is 32.3. The molecule has 0 saturated carbocycles. The van der Waals surface area contributed by atoms with Crippen LogP contribution < -0.4 is 0 Å². The van der Waals surface area contributed by atoms with E-state index in [1.54, 1.807) is 0 Å². The average Bonchev–Trinajstić information content (AvgIpc) is 1.92. The van der Waals surface area contributed by atoms with Gasteiger partial charge in [0.2, 0.25) is 0 Å². The molecule has 6 heteroatoms. The van der Waals surface area contributed by atoms with Gasteiger partial charge in [0, 0.05) is 0 Å². The molecule has 0 saturated heterocycles. The average molecular weight is 210 g/mol. The van der Waals surface area contributed by atoms with Crippen molar-refractivity contribution in [3.8, 4) is 12.0 Å². The van der Waals surface area contributed by atoms with Crippen LogP contribution in [0.5, 0.6) is 0 Å². The van der Waals surface area contributed by atoms with Crippen molar-refractivity contribution < 1.29 is 8.91 Å². The van der Waals surface area contributed by atoms with Crippen molar-refractivity contribution >= 4 is 36.6 Å². The van der Waals surface area contributed by atoms with E-state index >= 15 is 0 Å². The molecule has 0 bridgehead atoms. The Morgan fingerprint density at radius 1 is 1.36 bits per heavy atom. The van der Waals surface area contributed by atoms with E-state index in [1.165, 1.54) is 0 Å². The van der Waals surface area contributed by atoms with E-state index < -0.39 is 9.20 Å². The minimum atomic E-state index is -0.667. The molecule has 0 aliphatic rings. The molecule has 11 heavy (non-hydrogen) atoms. The van der Waals surface area contributed by atoms with Crippen LogP contribution in [-0.4, -0.2) is 41.4 Å². The van der Waals surface area contributed by atoms with E-state index in [4.69, 9.17) is 28.8 Å². The minimum absolute atomic E-state index is 0.0174. The Balaban J connectivity index is -0.0000000933. The molecule has 52 valence electrons. The Labute approximate surface area is 76.4 Å². The summed E-state index contributed by atoms with van der Waals surface area (Å²) in [6.07, 6.45) is 0. The zero-order valence-electron chi connectivity index (χ0n) is 6.01. The van der Waals surface area contributed by atoms with E-state index in [1.807, 2.05) is 6.55 Å². The quantitative estimate of drug-likeness (QED) is 0.404. The summed E-state index contributed by atoms with van der Waals surface area (Å²) in [4.78, 5) is 7.26. The fraction of sp³-hybridized carbons (Fsp3) is 0.200. The van der Waals surface area contributed by atoms with Gasteiger partial charge < -0.3 is 0 Å². The summed E-state index contributed by atoms with van der Waals surface area (Å²) >= 11 is 0. The van der Waals surface area contributed by atoms with Gasteiger partial charge in [0.25, 0.3) is 0 Å². The number of hydrogen-bond donors (Lipinski definition) is 1. The van der Waals surface area contributed by atoms with Crippen LogP contribution in [-0.2, 0) is 4.12 Å². The first kappa shape index (κ1) is 17.2. The summed E-state index contributed by atoms with van der Waals surface area (Å²) in [6.45, 7) is 1.93. The van der Waals surface area contributed by atoms with Crippen LogP contribution in [0.4, 0.5) is 0 Å². The third-order valence-electron chi connectivity index (χ3n) is 0.110. The first-order valence-electron chi connectivity index (χ1n) is 2.21. The normalized spacial score (nSPS) is 3.55. The van der Waals surface area contributed by atoms with Crippen LogP contribution in [0, 0.1) is 24.0 Å². The summed E-state index contributed by atoms with van der Waals surface area (Å²) in [5.74, 6) is 0. The zero-order chi connectivity index (χ0) is 9.54. The van der Waals surface area contributed by atoms with Crippen molar-refractivity contribution in [2.45, 2.75) is 6.55 Å². The van der Waals surface area contributed by atoms with Crippen molar-refractivity contribution in [3.63, 3.8) is 0 Å². The van der Waals surface area contributed by atoms with Crippen molar-refractivity contribution in [3.05, 3.63) is 12.0 Å². The Morgan fingerprint density at radius 3 is 1.64 bits per heavy atom. The maximum atomic E-state index is 7.26. The Bertz CT molecular complexity index is 187. The van der Waals surface area contributed by atoms with Crippen LogP contribution in [0.25, 0.3) is 0 Å². The molecule has 0 amide bonds. The van der Waals surface area contributed by atoms with Gasteiger partial charge in [0.05, 0.1) is 0 Å². The molecular weight excluding hydrogens is 204 g/mol. The van der Waals surface area contributed by atoms with E-state index in [0.717, 1.165) is 0 Å². The van der Waals surface area contributed by atoms with Gasteiger partial charge in [-0.2, -0.15) is 6.00 Å². The van der Waals surface area contributed by atoms with Gasteiger partial charge >= 0.3 is 54.5 Å². The van der Waals surface area contributed by atoms with Gasteiger partial charge in [0.1, 0.15) is 0 Å². The standard InChI is InChI=1S/C2HOSi2.C2H4Si.CHOSi/c1-4-3-5-2;2*1-3-2/h1H;1H,2H3;2H/q+1;;+1. The molecule has 0 fully saturated rings. The SMILES string of the molecule is C#[Si]C.[C+]#[Si]O.[C+]#[Si]O[Si]#C. The van der Waals surface area contributed by atoms with Crippen LogP contribution in [0.1, 0.15) is 0 Å². The molecule has 0 aromatic rings. The van der Waals surface area contributed by atoms with Gasteiger partial charge in [-0.25, -0.2) is 0 Å². The molecule has 0 aliphatic heterocycles. The van der Waals surface area contributed by atoms with Gasteiger partial charge in [-0.3, -0.25) is 0 Å². The summed E-state index contributed by atoms with van der Waals surface area (Å²) in [5, 5.41) is 0. The third-order valence-corrected chi connectivity index (χ3v) is 0.990. The Hall–Kier alpha value is 0.0275. The molecular formula is C5H6O2Si4+2. The molecule has 0 aromatic carbocycles. The molecule has 1 N–H and O–H groups in total. The topological polar surface area (TPSA) is 29.5 Å². The van der Waals surface area contributed by atoms with Crippen molar-refractivity contribution in [1.29, 1.82) is 0 Å². The van der Waals surface area contributed by atoms with Crippen LogP contribution >= 0.6 is 0 Å². The summed E-state index contributed by atoms with van der Waals surface area (Å²) < 4.78 is 4.33. The second-order valence-corrected chi connectivity index (χ2v) is 2.78. The fourth-order valence-corrected chi connectivity index (χ4v) is 0.265. The van der Waals surface area contributed by atoms with Gasteiger partial charge in [-0.05, 0) is 15.5 Å². The predicted octanol–water partition coefficient (Wildman–Crippen LogP) is -1.15. The Morgan fingerprint density at radius 2 is 1.64 bits per heavy atom. The summed E-state index contributed by atoms with van der Waals surface area (Å²) in [5.41, 5.74) is 0. The van der Waals surface area contributed by atoms with Gasteiger partial charge in [0.15, 0.2) is 0 Å². The number of hydrogen-bond acceptors (Lipinski definition) is 2. The monoisotopic (exact) mass is 210 g/mol. The van der Waals surface area contributed by atoms with Crippen molar-refractivity contribution in [2.24, 2.45) is 0 Å². The molecule has 0 spiro atoms. The third kappa shape index (κ3) is 157. The first-order chi connectivity index (χ1) is 5.24. The second-order valence-electron chi connectivity index (χ2n) is 0.722. The molecule has 0 radical (unpaired) electrons. The molecule has 0 aromatic heterocycles. The first-order valence-corrected chi connectivity index (χ1v) is 6.63. The predicted molar refractivity (Wildman–Crippen MR) is 48.6 cm³/mol. The van der Waals surface area contributed by atoms with Gasteiger partial charge in [-0.15, -0.1) is 0 Å². The molecule has 0 unspecified atom stereocenters. The zero-order valence-corrected chi connectivity index (χ0v) is 10.0. The molecule has 0 atom stereocenters. The fourth-order valence-electron chi connectivity index (χ4n) is 0.0295. The van der Waals surface area contributed by atoms with Crippen LogP contribution in [0.15, 0.2) is 0 Å². The van der Waals surface area contributed by atoms with Crippen LogP contribution in [0.3, 0.4) is 0 Å². The Kier molecular flexibility index (Phi) is 50.6. The van der Waals surface area contributed by atoms with Gasteiger partial charge in [-0.1, -0.05) is 0 Å². The number of rotatable bonds is 0. The van der Waals surface area contributed by atoms with Crippen molar-refractivity contribution in [1.82, 2.24) is 0 Å². The van der Waals surface area contributed by atoms with E-state index in [-0.39, 0.29) is 18.4 Å². The van der Waals surface area contributed by atoms with E-state index in [2.05, 4.69) is 4.12 Å². The molecule has 2 nitrogen and oxygen atoms in total. The molecule has 0 aliphatic carbocycles. The van der Waals surface area contributed by atoms with Crippen molar-refractivity contribution in [2.75, 3.05) is 0 Å². The summed E-state index contributed by atoms with van der Waals surface area (Å²) in [7, 11) is -0.306. The summed E-state index contributed by atoms with van der Waals surface area (Å²) in [6, 6.07) is 21.8.